The Hall–Kier alpha value is -3.32. The van der Waals surface area contributed by atoms with Crippen LogP contribution in [0.2, 0.25) is 0 Å². The minimum atomic E-state index is -4.96. The fourth-order valence-corrected chi connectivity index (χ4v) is 4.32. The van der Waals surface area contributed by atoms with E-state index in [-0.39, 0.29) is 36.8 Å². The van der Waals surface area contributed by atoms with Crippen LogP contribution in [0.5, 0.6) is 0 Å². The number of nitrogens with one attached hydrogen (secondary N) is 2. The first-order chi connectivity index (χ1) is 17.7. The quantitative estimate of drug-likeness (QED) is 0.308. The van der Waals surface area contributed by atoms with Gasteiger partial charge < -0.3 is 15.8 Å². The van der Waals surface area contributed by atoms with Crippen molar-refractivity contribution >= 4 is 5.95 Å². The number of nitrogens with two attached hydrogens (primary N) is 1. The molecule has 1 fully saturated rings. The van der Waals surface area contributed by atoms with Crippen LogP contribution < -0.4 is 16.7 Å². The molecule has 1 aliphatic rings. The van der Waals surface area contributed by atoms with Crippen LogP contribution in [0.1, 0.15) is 55.5 Å². The molecule has 3 atom stereocenters. The minimum Gasteiger partial charge on any atom is -0.372 e. The molecule has 1 aromatic heterocycles. The molecule has 0 aliphatic carbocycles. The molecule has 1 aromatic carbocycles. The highest BCUT2D eigenvalue weighted by Crippen LogP contribution is 2.39. The topological polar surface area (TPSA) is 98.0 Å². The Kier molecular flexibility index (Phi) is 8.62. The second-order valence-electron chi connectivity index (χ2n) is 9.12. The molecule has 0 amide bonds. The lowest BCUT2D eigenvalue weighted by Gasteiger charge is -2.42. The summed E-state index contributed by atoms with van der Waals surface area (Å²) >= 11 is 0. The number of benzene rings is 1. The molecule has 0 spiro atoms. The summed E-state index contributed by atoms with van der Waals surface area (Å²) in [6.07, 6.45) is -3.11. The van der Waals surface area contributed by atoms with Crippen molar-refractivity contribution in [1.29, 1.82) is 0 Å². The van der Waals surface area contributed by atoms with Crippen molar-refractivity contribution in [2.45, 2.75) is 56.7 Å². The number of allylic oxidation sites excluding steroid dienone is 3. The zero-order valence-corrected chi connectivity index (χ0v) is 20.8. The predicted molar refractivity (Wildman–Crippen MR) is 130 cm³/mol. The Morgan fingerprint density at radius 2 is 1.87 bits per heavy atom. The lowest BCUT2D eigenvalue weighted by Crippen LogP contribution is -2.56. The number of rotatable bonds is 8. The van der Waals surface area contributed by atoms with Gasteiger partial charge in [0.2, 0.25) is 5.95 Å². The number of halogens is 6. The van der Waals surface area contributed by atoms with Gasteiger partial charge in [-0.15, -0.1) is 5.10 Å². The Labute approximate surface area is 215 Å². The Morgan fingerprint density at radius 1 is 1.24 bits per heavy atom. The van der Waals surface area contributed by atoms with Crippen molar-refractivity contribution in [3.05, 3.63) is 81.8 Å². The molecule has 3 rings (SSSR count). The van der Waals surface area contributed by atoms with Crippen LogP contribution in [0.25, 0.3) is 0 Å². The van der Waals surface area contributed by atoms with Gasteiger partial charge in [-0.3, -0.25) is 4.57 Å². The summed E-state index contributed by atoms with van der Waals surface area (Å²) in [6, 6.07) is 1.06. The van der Waals surface area contributed by atoms with E-state index in [1.165, 1.54) is 11.5 Å². The number of ether oxygens (including phenoxy) is 1. The van der Waals surface area contributed by atoms with E-state index in [0.29, 0.717) is 30.5 Å². The first-order valence-electron chi connectivity index (χ1n) is 11.7. The van der Waals surface area contributed by atoms with E-state index in [4.69, 9.17) is 10.5 Å². The van der Waals surface area contributed by atoms with E-state index in [0.717, 1.165) is 0 Å². The van der Waals surface area contributed by atoms with Gasteiger partial charge in [-0.2, -0.15) is 26.3 Å². The zero-order valence-electron chi connectivity index (χ0n) is 20.8. The maximum absolute atomic E-state index is 13.3. The van der Waals surface area contributed by atoms with Gasteiger partial charge in [-0.05, 0) is 56.0 Å². The van der Waals surface area contributed by atoms with Crippen molar-refractivity contribution in [1.82, 2.24) is 20.1 Å². The number of nitrogen functional groups attached to an aromatic ring is 1. The minimum absolute atomic E-state index is 0.0241. The predicted octanol–water partition coefficient (Wildman–Crippen LogP) is 5.32. The van der Waals surface area contributed by atoms with Gasteiger partial charge in [0.1, 0.15) is 0 Å². The van der Waals surface area contributed by atoms with E-state index in [1.54, 1.807) is 24.3 Å². The summed E-state index contributed by atoms with van der Waals surface area (Å²) in [7, 11) is 0. The second kappa shape index (κ2) is 11.2. The fraction of sp³-hybridized carbons (Fsp3) is 0.440. The molecule has 2 aromatic rings. The zero-order chi connectivity index (χ0) is 28.3. The molecule has 4 N–H and O–H groups in total. The monoisotopic (exact) mass is 545 g/mol. The Balaban J connectivity index is 1.86. The number of alkyl halides is 6. The van der Waals surface area contributed by atoms with Crippen LogP contribution in [-0.2, 0) is 17.1 Å². The summed E-state index contributed by atoms with van der Waals surface area (Å²) in [5, 5.41) is 9.31. The van der Waals surface area contributed by atoms with E-state index < -0.39 is 40.8 Å². The van der Waals surface area contributed by atoms with E-state index in [2.05, 4.69) is 22.1 Å². The molecule has 0 saturated carbocycles. The molecule has 0 bridgehead atoms. The molecule has 13 heteroatoms. The third kappa shape index (κ3) is 6.57. The van der Waals surface area contributed by atoms with Crippen molar-refractivity contribution in [3.8, 4) is 0 Å². The van der Waals surface area contributed by atoms with E-state index in [9.17, 15) is 31.1 Å². The smallest absolute Gasteiger partial charge is 0.372 e. The maximum Gasteiger partial charge on any atom is 0.416 e. The number of hydrogen-bond donors (Lipinski definition) is 3. The Bertz CT molecular complexity index is 1220. The molecule has 0 radical (unpaired) electrons. The Morgan fingerprint density at radius 3 is 2.34 bits per heavy atom. The van der Waals surface area contributed by atoms with Crippen LogP contribution >= 0.6 is 0 Å². The molecule has 208 valence electrons. The largest absolute Gasteiger partial charge is 0.416 e. The van der Waals surface area contributed by atoms with Crippen molar-refractivity contribution in [3.63, 3.8) is 0 Å². The number of aromatic amines is 1. The molecular formula is C25H29F6N5O2. The van der Waals surface area contributed by atoms with Crippen molar-refractivity contribution in [2.75, 3.05) is 18.9 Å². The highest BCUT2D eigenvalue weighted by molar-refractivity contribution is 5.35. The lowest BCUT2D eigenvalue weighted by molar-refractivity contribution is -0.143. The summed E-state index contributed by atoms with van der Waals surface area (Å²) in [4.78, 5) is 12.1. The summed E-state index contributed by atoms with van der Waals surface area (Å²) in [6.45, 7) is 7.49. The van der Waals surface area contributed by atoms with Crippen LogP contribution in [0.15, 0.2) is 59.4 Å². The van der Waals surface area contributed by atoms with E-state index >= 15 is 0 Å². The maximum atomic E-state index is 13.3. The van der Waals surface area contributed by atoms with Crippen LogP contribution in [0.3, 0.4) is 0 Å². The number of piperidine rings is 1. The average molecular weight is 546 g/mol. The SMILES string of the molecule is C=C(/C=C\C=C/C)[C@]1(CO[C@H](C)c2cc(C(F)(F)F)cc(C(F)(F)F)c2)CC[C@H](n2c(N)n[nH]c2=O)CN1. The van der Waals surface area contributed by atoms with E-state index in [1.807, 2.05) is 6.92 Å². The summed E-state index contributed by atoms with van der Waals surface area (Å²) in [5.41, 5.74) is 1.94. The third-order valence-corrected chi connectivity index (χ3v) is 6.55. The molecule has 38 heavy (non-hydrogen) atoms. The average Bonchev–Trinajstić information content (AvgIpc) is 3.19. The van der Waals surface area contributed by atoms with Gasteiger partial charge in [0, 0.05) is 6.54 Å². The van der Waals surface area contributed by atoms with Gasteiger partial charge in [0.25, 0.3) is 0 Å². The normalized spacial score (nSPS) is 21.8. The number of anilines is 1. The molecule has 2 heterocycles. The summed E-state index contributed by atoms with van der Waals surface area (Å²) < 4.78 is 87.1. The number of H-pyrrole nitrogens is 1. The summed E-state index contributed by atoms with van der Waals surface area (Å²) in [5.74, 6) is 0.0241. The third-order valence-electron chi connectivity index (χ3n) is 6.55. The van der Waals surface area contributed by atoms with Gasteiger partial charge in [0.05, 0.1) is 35.4 Å². The van der Waals surface area contributed by atoms with Crippen molar-refractivity contribution < 1.29 is 31.1 Å². The van der Waals surface area contributed by atoms with Crippen LogP contribution in [0, 0.1) is 0 Å². The first-order valence-corrected chi connectivity index (χ1v) is 11.7. The standard InChI is InChI=1S/C25H29F6N5O2/c1-4-5-6-7-15(2)23(9-8-20(13-33-23)36-21(32)34-35-22(36)37)14-38-16(3)17-10-18(24(26,27)28)12-19(11-17)25(29,30)31/h4-7,10-12,16,20,33H,2,8-9,13-14H2,1,3H3,(H2,32,34)(H,35,37)/b5-4-,7-6-/t16-,20+,23-/m1/s1. The van der Waals surface area contributed by atoms with Crippen LogP contribution in [0.4, 0.5) is 32.3 Å². The van der Waals surface area contributed by atoms with Gasteiger partial charge in [-0.1, -0.05) is 30.9 Å². The van der Waals surface area contributed by atoms with Crippen LogP contribution in [-0.4, -0.2) is 33.5 Å². The van der Waals surface area contributed by atoms with Gasteiger partial charge in [0.15, 0.2) is 0 Å². The number of aromatic nitrogens is 3. The van der Waals surface area contributed by atoms with Crippen molar-refractivity contribution in [2.24, 2.45) is 0 Å². The lowest BCUT2D eigenvalue weighted by atomic mass is 9.81. The highest BCUT2D eigenvalue weighted by Gasteiger charge is 2.40. The molecule has 0 unspecified atom stereocenters. The first kappa shape index (κ1) is 29.2. The number of hydrogen-bond acceptors (Lipinski definition) is 5. The molecular weight excluding hydrogens is 516 g/mol. The van der Waals surface area contributed by atoms with Gasteiger partial charge in [-0.25, -0.2) is 9.89 Å². The highest BCUT2D eigenvalue weighted by atomic mass is 19.4. The molecule has 7 nitrogen and oxygen atoms in total. The van der Waals surface area contributed by atoms with Gasteiger partial charge >= 0.3 is 18.0 Å². The second-order valence-corrected chi connectivity index (χ2v) is 9.12. The molecule has 1 saturated heterocycles. The number of nitrogens with zero attached hydrogens (tertiary/aromatic N) is 2. The fourth-order valence-electron chi connectivity index (χ4n) is 4.32. The molecule has 1 aliphatic heterocycles.